The zero-order valence-corrected chi connectivity index (χ0v) is 19.7. The normalized spacial score (nSPS) is 11.7. The molecule has 1 atom stereocenters. The second-order valence-electron chi connectivity index (χ2n) is 7.30. The van der Waals surface area contributed by atoms with Gasteiger partial charge in [0, 0.05) is 26.3 Å². The summed E-state index contributed by atoms with van der Waals surface area (Å²) in [4.78, 5) is 26.2. The molecule has 0 bridgehead atoms. The number of halogens is 1. The van der Waals surface area contributed by atoms with Crippen molar-refractivity contribution in [1.82, 2.24) is 0 Å². The number of nitrogens with one attached hydrogen (secondary N) is 2. The highest BCUT2D eigenvalue weighted by Crippen LogP contribution is 2.27. The van der Waals surface area contributed by atoms with Crippen molar-refractivity contribution in [1.29, 1.82) is 0 Å². The number of carbonyl (C=O) groups excluding carboxylic acids is 2. The van der Waals surface area contributed by atoms with Gasteiger partial charge in [0.25, 0.3) is 5.91 Å². The third kappa shape index (κ3) is 5.58. The minimum Gasteiger partial charge on any atom is -0.325 e. The van der Waals surface area contributed by atoms with Gasteiger partial charge in [0.15, 0.2) is 0 Å². The van der Waals surface area contributed by atoms with Gasteiger partial charge in [-0.15, -0.1) is 11.8 Å². The van der Waals surface area contributed by atoms with Crippen molar-refractivity contribution in [2.24, 2.45) is 0 Å². The van der Waals surface area contributed by atoms with Crippen LogP contribution >= 0.6 is 27.7 Å². The van der Waals surface area contributed by atoms with Gasteiger partial charge in [-0.1, -0.05) is 52.3 Å². The Labute approximate surface area is 199 Å². The fourth-order valence-electron chi connectivity index (χ4n) is 3.22. The molecule has 0 saturated carbocycles. The first-order valence-electron chi connectivity index (χ1n) is 10.1. The average molecular weight is 505 g/mol. The topological polar surface area (TPSA) is 58.2 Å². The summed E-state index contributed by atoms with van der Waals surface area (Å²) in [7, 11) is 0. The lowest BCUT2D eigenvalue weighted by atomic mass is 10.1. The molecule has 0 aliphatic carbocycles. The highest BCUT2D eigenvalue weighted by Gasteiger charge is 2.15. The van der Waals surface area contributed by atoms with Crippen LogP contribution in [0.15, 0.2) is 100 Å². The summed E-state index contributed by atoms with van der Waals surface area (Å²) in [6, 6.07) is 28.6. The predicted octanol–water partition coefficient (Wildman–Crippen LogP) is 6.97. The van der Waals surface area contributed by atoms with E-state index < -0.39 is 0 Å². The first kappa shape index (κ1) is 22.1. The second kappa shape index (κ2) is 10.0. The van der Waals surface area contributed by atoms with Crippen LogP contribution in [0.3, 0.4) is 0 Å². The Balaban J connectivity index is 1.40. The zero-order chi connectivity index (χ0) is 22.5. The number of amides is 2. The maximum absolute atomic E-state index is 12.7. The molecule has 0 radical (unpaired) electrons. The number of hydrogen-bond donors (Lipinski definition) is 2. The number of anilines is 2. The van der Waals surface area contributed by atoms with E-state index in [9.17, 15) is 9.59 Å². The Hall–Kier alpha value is -3.09. The van der Waals surface area contributed by atoms with E-state index in [4.69, 9.17) is 0 Å². The molecule has 2 N–H and O–H groups in total. The van der Waals surface area contributed by atoms with Gasteiger partial charge in [-0.3, -0.25) is 9.59 Å². The monoisotopic (exact) mass is 504 g/mol. The van der Waals surface area contributed by atoms with Crippen molar-refractivity contribution in [3.05, 3.63) is 101 Å². The predicted molar refractivity (Wildman–Crippen MR) is 136 cm³/mol. The van der Waals surface area contributed by atoms with Crippen molar-refractivity contribution >= 4 is 61.7 Å². The number of thioether (sulfide) groups is 1. The molecule has 4 rings (SSSR count). The van der Waals surface area contributed by atoms with E-state index >= 15 is 0 Å². The molecule has 0 heterocycles. The molecular formula is C26H21BrN2O2S. The number of fused-ring (bicyclic) bond motifs is 1. The molecule has 4 nitrogen and oxygen atoms in total. The molecule has 0 spiro atoms. The first-order valence-corrected chi connectivity index (χ1v) is 11.8. The van der Waals surface area contributed by atoms with Crippen LogP contribution in [0.1, 0.15) is 17.3 Å². The molecule has 2 amide bonds. The summed E-state index contributed by atoms with van der Waals surface area (Å²) in [5.41, 5.74) is 2.04. The van der Waals surface area contributed by atoms with Crippen LogP contribution < -0.4 is 10.6 Å². The number of hydrogen-bond acceptors (Lipinski definition) is 3. The van der Waals surface area contributed by atoms with Gasteiger partial charge in [0.05, 0.1) is 5.25 Å². The van der Waals surface area contributed by atoms with Crippen LogP contribution in [0, 0.1) is 0 Å². The number of carbonyl (C=O) groups is 2. The van der Waals surface area contributed by atoms with Gasteiger partial charge in [-0.25, -0.2) is 0 Å². The van der Waals surface area contributed by atoms with Gasteiger partial charge in [-0.2, -0.15) is 0 Å². The average Bonchev–Trinajstić information content (AvgIpc) is 2.80. The lowest BCUT2D eigenvalue weighted by molar-refractivity contribution is -0.115. The largest absolute Gasteiger partial charge is 0.325 e. The third-order valence-corrected chi connectivity index (χ3v) is 6.52. The Bertz CT molecular complexity index is 1270. The molecular weight excluding hydrogens is 484 g/mol. The molecule has 32 heavy (non-hydrogen) atoms. The van der Waals surface area contributed by atoms with Crippen LogP contribution in [0.25, 0.3) is 10.8 Å². The quantitative estimate of drug-likeness (QED) is 0.278. The van der Waals surface area contributed by atoms with Gasteiger partial charge in [0.1, 0.15) is 0 Å². The lowest BCUT2D eigenvalue weighted by Crippen LogP contribution is -2.22. The molecule has 0 aliphatic heterocycles. The molecule has 4 aromatic rings. The van der Waals surface area contributed by atoms with Crippen LogP contribution in [-0.4, -0.2) is 17.1 Å². The first-order chi connectivity index (χ1) is 15.5. The molecule has 6 heteroatoms. The van der Waals surface area contributed by atoms with Crippen molar-refractivity contribution in [2.75, 3.05) is 10.6 Å². The zero-order valence-electron chi connectivity index (χ0n) is 17.3. The SMILES string of the molecule is CC(Sc1cccc(NC(=O)c2ccc3ccccc3c2)c1)C(=O)Nc1ccc(Br)cc1. The fraction of sp³-hybridized carbons (Fsp3) is 0.0769. The van der Waals surface area contributed by atoms with E-state index in [1.807, 2.05) is 97.9 Å². The maximum atomic E-state index is 12.7. The summed E-state index contributed by atoms with van der Waals surface area (Å²) >= 11 is 4.83. The van der Waals surface area contributed by atoms with E-state index in [1.54, 1.807) is 0 Å². The standard InChI is InChI=1S/C26H21BrN2O2S/c1-17(25(30)28-22-13-11-21(27)12-14-22)32-24-8-4-7-23(16-24)29-26(31)20-10-9-18-5-2-3-6-19(18)15-20/h2-17H,1H3,(H,28,30)(H,29,31). The van der Waals surface area contributed by atoms with Gasteiger partial charge in [0.2, 0.25) is 5.91 Å². The molecule has 0 aromatic heterocycles. The third-order valence-electron chi connectivity index (χ3n) is 4.90. The van der Waals surface area contributed by atoms with Crippen molar-refractivity contribution < 1.29 is 9.59 Å². The Morgan fingerprint density at radius 2 is 1.53 bits per heavy atom. The van der Waals surface area contributed by atoms with Crippen LogP contribution in [0.2, 0.25) is 0 Å². The van der Waals surface area contributed by atoms with Crippen LogP contribution in [-0.2, 0) is 4.79 Å². The maximum Gasteiger partial charge on any atom is 0.255 e. The summed E-state index contributed by atoms with van der Waals surface area (Å²) in [6.45, 7) is 1.86. The highest BCUT2D eigenvalue weighted by atomic mass is 79.9. The number of rotatable bonds is 6. The molecule has 4 aromatic carbocycles. The van der Waals surface area contributed by atoms with Crippen molar-refractivity contribution in [3.8, 4) is 0 Å². The van der Waals surface area contributed by atoms with Crippen LogP contribution in [0.4, 0.5) is 11.4 Å². The van der Waals surface area contributed by atoms with E-state index in [-0.39, 0.29) is 17.1 Å². The summed E-state index contributed by atoms with van der Waals surface area (Å²) < 4.78 is 0.959. The van der Waals surface area contributed by atoms with Crippen molar-refractivity contribution in [3.63, 3.8) is 0 Å². The lowest BCUT2D eigenvalue weighted by Gasteiger charge is -2.13. The molecule has 1 unspecified atom stereocenters. The summed E-state index contributed by atoms with van der Waals surface area (Å²) in [6.07, 6.45) is 0. The number of benzene rings is 4. The Kier molecular flexibility index (Phi) is 6.93. The second-order valence-corrected chi connectivity index (χ2v) is 9.63. The molecule has 0 fully saturated rings. The van der Waals surface area contributed by atoms with Crippen molar-refractivity contribution in [2.45, 2.75) is 17.1 Å². The fourth-order valence-corrected chi connectivity index (χ4v) is 4.41. The van der Waals surface area contributed by atoms with E-state index in [2.05, 4.69) is 26.6 Å². The Morgan fingerprint density at radius 3 is 2.31 bits per heavy atom. The van der Waals surface area contributed by atoms with E-state index in [0.717, 1.165) is 25.8 Å². The van der Waals surface area contributed by atoms with Crippen LogP contribution in [0.5, 0.6) is 0 Å². The Morgan fingerprint density at radius 1 is 0.781 bits per heavy atom. The smallest absolute Gasteiger partial charge is 0.255 e. The van der Waals surface area contributed by atoms with Gasteiger partial charge in [-0.05, 0) is 72.3 Å². The summed E-state index contributed by atoms with van der Waals surface area (Å²) in [5.74, 6) is -0.248. The summed E-state index contributed by atoms with van der Waals surface area (Å²) in [5, 5.41) is 7.69. The molecule has 160 valence electrons. The minimum atomic E-state index is -0.301. The van der Waals surface area contributed by atoms with Gasteiger partial charge < -0.3 is 10.6 Å². The minimum absolute atomic E-state index is 0.0806. The highest BCUT2D eigenvalue weighted by molar-refractivity contribution is 9.10. The molecule has 0 aliphatic rings. The van der Waals surface area contributed by atoms with E-state index in [1.165, 1.54) is 11.8 Å². The molecule has 0 saturated heterocycles. The van der Waals surface area contributed by atoms with E-state index in [0.29, 0.717) is 11.3 Å². The van der Waals surface area contributed by atoms with Gasteiger partial charge >= 0.3 is 0 Å².